The fraction of sp³-hybridized carbons (Fsp3) is 0.158. The van der Waals surface area contributed by atoms with Gasteiger partial charge in [-0.2, -0.15) is 0 Å². The van der Waals surface area contributed by atoms with Crippen molar-refractivity contribution in [2.45, 2.75) is 19.4 Å². The van der Waals surface area contributed by atoms with Gasteiger partial charge in [-0.15, -0.1) is 0 Å². The minimum absolute atomic E-state index is 0.0923. The van der Waals surface area contributed by atoms with E-state index >= 15 is 0 Å². The summed E-state index contributed by atoms with van der Waals surface area (Å²) in [6.07, 6.45) is -0.230. The average molecular weight is 384 g/mol. The number of hydrogen-bond donors (Lipinski definition) is 4. The Bertz CT molecular complexity index is 983. The number of hydrogen-bond acceptors (Lipinski definition) is 6. The predicted octanol–water partition coefficient (Wildman–Crippen LogP) is 1.84. The number of phenolic OH excluding ortho intramolecular Hbond substituents is 1. The van der Waals surface area contributed by atoms with Gasteiger partial charge in [-0.1, -0.05) is 6.07 Å². The van der Waals surface area contributed by atoms with Crippen LogP contribution in [0.1, 0.15) is 32.7 Å². The zero-order chi connectivity index (χ0) is 20.6. The molecule has 9 nitrogen and oxygen atoms in total. The highest BCUT2D eigenvalue weighted by atomic mass is 16.4. The van der Waals surface area contributed by atoms with Gasteiger partial charge in [0.2, 0.25) is 5.91 Å². The molecule has 1 heterocycles. The molecule has 1 fully saturated rings. The lowest BCUT2D eigenvalue weighted by atomic mass is 10.1. The number of imide groups is 1. The second-order valence-corrected chi connectivity index (χ2v) is 6.37. The Balaban J connectivity index is 1.95. The number of carbonyl (C=O) groups excluding carboxylic acids is 2. The summed E-state index contributed by atoms with van der Waals surface area (Å²) < 4.78 is 0. The second kappa shape index (κ2) is 7.03. The lowest BCUT2D eigenvalue weighted by Gasteiger charge is -2.18. The van der Waals surface area contributed by atoms with Gasteiger partial charge in [0, 0.05) is 0 Å². The predicted molar refractivity (Wildman–Crippen MR) is 97.7 cm³/mol. The normalized spacial score (nSPS) is 16.3. The first-order valence-corrected chi connectivity index (χ1v) is 8.22. The van der Waals surface area contributed by atoms with Crippen LogP contribution in [-0.4, -0.2) is 45.1 Å². The topological polar surface area (TPSA) is 144 Å². The summed E-state index contributed by atoms with van der Waals surface area (Å²) >= 11 is 0. The third kappa shape index (κ3) is 3.50. The zero-order valence-corrected chi connectivity index (χ0v) is 14.7. The van der Waals surface area contributed by atoms with Gasteiger partial charge >= 0.3 is 11.9 Å². The number of rotatable bonds is 5. The van der Waals surface area contributed by atoms with Crippen LogP contribution in [0.15, 0.2) is 36.4 Å². The highest BCUT2D eigenvalue weighted by Crippen LogP contribution is 2.30. The van der Waals surface area contributed by atoms with Crippen molar-refractivity contribution in [1.29, 1.82) is 0 Å². The molecular weight excluding hydrogens is 368 g/mol. The molecule has 1 saturated heterocycles. The van der Waals surface area contributed by atoms with Crippen molar-refractivity contribution >= 4 is 35.1 Å². The third-order valence-corrected chi connectivity index (χ3v) is 4.30. The maximum absolute atomic E-state index is 12.7. The van der Waals surface area contributed by atoms with Crippen molar-refractivity contribution in [2.75, 3.05) is 10.2 Å². The molecule has 1 aliphatic heterocycles. The molecule has 2 aromatic rings. The van der Waals surface area contributed by atoms with E-state index in [1.165, 1.54) is 6.07 Å². The number of benzene rings is 2. The first-order chi connectivity index (χ1) is 13.2. The summed E-state index contributed by atoms with van der Waals surface area (Å²) in [5, 5.41) is 31.1. The summed E-state index contributed by atoms with van der Waals surface area (Å²) in [5.41, 5.74) is 0.254. The van der Waals surface area contributed by atoms with Gasteiger partial charge in [-0.3, -0.25) is 9.59 Å². The number of carboxylic acid groups (broad SMARTS) is 2. The van der Waals surface area contributed by atoms with E-state index in [4.69, 9.17) is 0 Å². The molecule has 1 unspecified atom stereocenters. The molecule has 2 aromatic carbocycles. The molecule has 4 N–H and O–H groups in total. The number of aryl methyl sites for hydroxylation is 1. The minimum atomic E-state index is -1.39. The van der Waals surface area contributed by atoms with Crippen LogP contribution < -0.4 is 10.2 Å². The molecule has 0 bridgehead atoms. The highest BCUT2D eigenvalue weighted by Gasteiger charge is 2.40. The number of aromatic carboxylic acids is 2. The fourth-order valence-corrected chi connectivity index (χ4v) is 2.96. The lowest BCUT2D eigenvalue weighted by molar-refractivity contribution is -0.121. The zero-order valence-electron chi connectivity index (χ0n) is 14.7. The summed E-state index contributed by atoms with van der Waals surface area (Å²) in [6.45, 7) is 1.80. The van der Waals surface area contributed by atoms with Crippen molar-refractivity contribution in [3.05, 3.63) is 53.1 Å². The van der Waals surface area contributed by atoms with Gasteiger partial charge in [-0.25, -0.2) is 14.5 Å². The van der Waals surface area contributed by atoms with Crippen molar-refractivity contribution in [3.8, 4) is 5.75 Å². The SMILES string of the molecule is Cc1ccc(O)c(NC2CC(=O)N(c3cc(C(=O)O)cc(C(=O)O)c3)C2=O)c1. The molecule has 144 valence electrons. The number of aromatic hydroxyl groups is 1. The van der Waals surface area contributed by atoms with E-state index < -0.39 is 29.8 Å². The van der Waals surface area contributed by atoms with Crippen LogP contribution in [0.25, 0.3) is 0 Å². The Hall–Kier alpha value is -3.88. The molecule has 0 saturated carbocycles. The van der Waals surface area contributed by atoms with Crippen LogP contribution in [0.4, 0.5) is 11.4 Å². The maximum atomic E-state index is 12.7. The lowest BCUT2D eigenvalue weighted by Crippen LogP contribution is -2.35. The summed E-state index contributed by atoms with van der Waals surface area (Å²) in [6, 6.07) is 6.84. The summed E-state index contributed by atoms with van der Waals surface area (Å²) in [7, 11) is 0. The van der Waals surface area contributed by atoms with Crippen LogP contribution in [-0.2, 0) is 9.59 Å². The fourth-order valence-electron chi connectivity index (χ4n) is 2.96. The molecule has 0 aliphatic carbocycles. The number of nitrogens with zero attached hydrogens (tertiary/aromatic N) is 1. The first kappa shape index (κ1) is 18.9. The Labute approximate surface area is 158 Å². The average Bonchev–Trinajstić information content (AvgIpc) is 2.91. The van der Waals surface area contributed by atoms with Crippen LogP contribution >= 0.6 is 0 Å². The number of carboxylic acids is 2. The number of nitrogens with one attached hydrogen (secondary N) is 1. The Kier molecular flexibility index (Phi) is 4.74. The van der Waals surface area contributed by atoms with Gasteiger partial charge in [0.1, 0.15) is 11.8 Å². The van der Waals surface area contributed by atoms with Gasteiger partial charge in [0.05, 0.1) is 28.9 Å². The van der Waals surface area contributed by atoms with E-state index in [2.05, 4.69) is 5.32 Å². The standard InChI is InChI=1S/C19H16N2O7/c1-9-2-3-15(22)13(4-9)20-14-8-16(23)21(17(14)24)12-6-10(18(25)26)5-11(7-12)19(27)28/h2-7,14,20,22H,8H2,1H3,(H,25,26)(H,27,28). The van der Waals surface area contributed by atoms with Crippen molar-refractivity contribution in [1.82, 2.24) is 0 Å². The van der Waals surface area contributed by atoms with E-state index in [0.29, 0.717) is 0 Å². The molecule has 2 amide bonds. The van der Waals surface area contributed by atoms with Crippen LogP contribution in [0.2, 0.25) is 0 Å². The monoisotopic (exact) mass is 384 g/mol. The molecule has 3 rings (SSSR count). The number of phenols is 1. The van der Waals surface area contributed by atoms with Crippen molar-refractivity contribution in [3.63, 3.8) is 0 Å². The van der Waals surface area contributed by atoms with Crippen LogP contribution in [0.5, 0.6) is 5.75 Å². The smallest absolute Gasteiger partial charge is 0.335 e. The molecule has 28 heavy (non-hydrogen) atoms. The molecule has 9 heteroatoms. The Morgan fingerprint density at radius 1 is 1.04 bits per heavy atom. The Morgan fingerprint density at radius 3 is 2.21 bits per heavy atom. The van der Waals surface area contributed by atoms with Gasteiger partial charge in [-0.05, 0) is 42.8 Å². The van der Waals surface area contributed by atoms with E-state index in [-0.39, 0.29) is 34.7 Å². The van der Waals surface area contributed by atoms with Crippen LogP contribution in [0.3, 0.4) is 0 Å². The quantitative estimate of drug-likeness (QED) is 0.451. The molecule has 1 atom stereocenters. The second-order valence-electron chi connectivity index (χ2n) is 6.37. The van der Waals surface area contributed by atoms with Gasteiger partial charge < -0.3 is 20.6 Å². The number of amides is 2. The van der Waals surface area contributed by atoms with Crippen molar-refractivity contribution in [2.24, 2.45) is 0 Å². The Morgan fingerprint density at radius 2 is 1.64 bits per heavy atom. The number of anilines is 2. The molecule has 0 aromatic heterocycles. The van der Waals surface area contributed by atoms with E-state index in [9.17, 15) is 34.5 Å². The van der Waals surface area contributed by atoms with Gasteiger partial charge in [0.15, 0.2) is 0 Å². The molecule has 0 radical (unpaired) electrons. The van der Waals surface area contributed by atoms with E-state index in [0.717, 1.165) is 28.7 Å². The van der Waals surface area contributed by atoms with Gasteiger partial charge in [0.25, 0.3) is 5.91 Å². The van der Waals surface area contributed by atoms with E-state index in [1.807, 2.05) is 0 Å². The largest absolute Gasteiger partial charge is 0.506 e. The van der Waals surface area contributed by atoms with Crippen LogP contribution in [0, 0.1) is 6.92 Å². The molecule has 1 aliphatic rings. The highest BCUT2D eigenvalue weighted by molar-refractivity contribution is 6.23. The molecule has 0 spiro atoms. The third-order valence-electron chi connectivity index (χ3n) is 4.30. The maximum Gasteiger partial charge on any atom is 0.335 e. The molecular formula is C19H16N2O7. The summed E-state index contributed by atoms with van der Waals surface area (Å²) in [5.74, 6) is -4.16. The number of carbonyl (C=O) groups is 4. The van der Waals surface area contributed by atoms with E-state index in [1.54, 1.807) is 19.1 Å². The first-order valence-electron chi connectivity index (χ1n) is 8.22. The van der Waals surface area contributed by atoms with Crippen molar-refractivity contribution < 1.29 is 34.5 Å². The minimum Gasteiger partial charge on any atom is -0.506 e. The summed E-state index contributed by atoms with van der Waals surface area (Å²) in [4.78, 5) is 48.4.